The lowest BCUT2D eigenvalue weighted by atomic mass is 10.00. The SMILES string of the molecule is COc1ccc(C2Sc3c(Cl)cccc3N(CCN(C)CC(=O)N3CCc4ccccc4C3)C(=O)C2OC(C)=O)cc1. The van der Waals surface area contributed by atoms with Gasteiger partial charge in [0.05, 0.1) is 34.5 Å². The van der Waals surface area contributed by atoms with Gasteiger partial charge in [-0.1, -0.05) is 54.1 Å². The van der Waals surface area contributed by atoms with Crippen LogP contribution in [-0.4, -0.2) is 74.0 Å². The lowest BCUT2D eigenvalue weighted by Crippen LogP contribution is -2.47. The van der Waals surface area contributed by atoms with Crippen molar-refractivity contribution in [2.24, 2.45) is 0 Å². The summed E-state index contributed by atoms with van der Waals surface area (Å²) in [7, 11) is 3.46. The molecule has 2 amide bonds. The number of methoxy groups -OCH3 is 1. The number of amides is 2. The lowest BCUT2D eigenvalue weighted by molar-refractivity contribution is -0.152. The van der Waals surface area contributed by atoms with Crippen LogP contribution in [0.5, 0.6) is 5.75 Å². The number of halogens is 1. The van der Waals surface area contributed by atoms with Crippen LogP contribution in [0.3, 0.4) is 0 Å². The predicted octanol–water partition coefficient (Wildman–Crippen LogP) is 4.98. The number of hydrogen-bond donors (Lipinski definition) is 0. The van der Waals surface area contributed by atoms with E-state index in [-0.39, 0.29) is 24.9 Å². The Kier molecular flexibility index (Phi) is 9.40. The van der Waals surface area contributed by atoms with Crippen LogP contribution in [0, 0.1) is 0 Å². The van der Waals surface area contributed by atoms with Crippen molar-refractivity contribution in [1.82, 2.24) is 9.80 Å². The number of thioether (sulfide) groups is 1. The zero-order valence-electron chi connectivity index (χ0n) is 23.9. The molecule has 42 heavy (non-hydrogen) atoms. The van der Waals surface area contributed by atoms with Crippen molar-refractivity contribution in [3.63, 3.8) is 0 Å². The summed E-state index contributed by atoms with van der Waals surface area (Å²) in [5.41, 5.74) is 3.93. The number of carbonyl (C=O) groups excluding carboxylic acids is 3. The molecule has 3 aromatic carbocycles. The van der Waals surface area contributed by atoms with E-state index >= 15 is 0 Å². The highest BCUT2D eigenvalue weighted by Gasteiger charge is 2.41. The quantitative estimate of drug-likeness (QED) is 0.334. The van der Waals surface area contributed by atoms with Gasteiger partial charge in [0.1, 0.15) is 5.75 Å². The highest BCUT2D eigenvalue weighted by molar-refractivity contribution is 8.00. The van der Waals surface area contributed by atoms with Gasteiger partial charge in [0, 0.05) is 33.1 Å². The third-order valence-electron chi connectivity index (χ3n) is 7.60. The summed E-state index contributed by atoms with van der Waals surface area (Å²) < 4.78 is 11.0. The molecule has 0 aliphatic carbocycles. The minimum atomic E-state index is -1.08. The fourth-order valence-electron chi connectivity index (χ4n) is 5.36. The number of carbonyl (C=O) groups is 3. The summed E-state index contributed by atoms with van der Waals surface area (Å²) in [6.45, 7) is 3.53. The van der Waals surface area contributed by atoms with E-state index < -0.39 is 17.3 Å². The van der Waals surface area contributed by atoms with Gasteiger partial charge in [0.15, 0.2) is 6.10 Å². The number of ether oxygens (including phenoxy) is 2. The summed E-state index contributed by atoms with van der Waals surface area (Å²) >= 11 is 8.09. The minimum absolute atomic E-state index is 0.0468. The van der Waals surface area contributed by atoms with Crippen LogP contribution in [0.1, 0.15) is 28.9 Å². The van der Waals surface area contributed by atoms with Gasteiger partial charge in [-0.3, -0.25) is 19.3 Å². The van der Waals surface area contributed by atoms with E-state index in [0.717, 1.165) is 16.9 Å². The normalized spacial score (nSPS) is 18.3. The molecule has 220 valence electrons. The summed E-state index contributed by atoms with van der Waals surface area (Å²) in [5.74, 6) is -0.160. The van der Waals surface area contributed by atoms with Crippen LogP contribution in [0.25, 0.3) is 0 Å². The van der Waals surface area contributed by atoms with Gasteiger partial charge in [0.2, 0.25) is 5.91 Å². The third-order valence-corrected chi connectivity index (χ3v) is 9.46. The molecule has 8 nitrogen and oxygen atoms in total. The number of benzene rings is 3. The van der Waals surface area contributed by atoms with Crippen molar-refractivity contribution in [3.05, 3.63) is 88.4 Å². The molecule has 0 fully saturated rings. The lowest BCUT2D eigenvalue weighted by Gasteiger charge is -2.31. The second-order valence-electron chi connectivity index (χ2n) is 10.5. The number of rotatable bonds is 8. The molecule has 2 atom stereocenters. The Morgan fingerprint density at radius 3 is 2.50 bits per heavy atom. The molecular formula is C32H34ClN3O5S. The van der Waals surface area contributed by atoms with Crippen LogP contribution in [0.15, 0.2) is 71.6 Å². The standard InChI is InChI=1S/C32H34ClN3O5S/c1-21(37)41-29-30(23-11-13-25(40-3)14-12-23)42-31-26(33)9-6-10-27(31)36(32(29)39)18-17-34(2)20-28(38)35-16-15-22-7-4-5-8-24(22)19-35/h4-14,29-30H,15-20H2,1-3H3. The van der Waals surface area contributed by atoms with Crippen molar-refractivity contribution in [2.45, 2.75) is 36.1 Å². The van der Waals surface area contributed by atoms with E-state index in [1.54, 1.807) is 24.1 Å². The number of fused-ring (bicyclic) bond motifs is 2. The van der Waals surface area contributed by atoms with Crippen LogP contribution in [-0.2, 0) is 32.1 Å². The van der Waals surface area contributed by atoms with Crippen LogP contribution in [0.4, 0.5) is 5.69 Å². The van der Waals surface area contributed by atoms with Crippen molar-refractivity contribution in [2.75, 3.05) is 45.2 Å². The number of esters is 1. The summed E-state index contributed by atoms with van der Waals surface area (Å²) in [6.07, 6.45) is -0.236. The Labute approximate surface area is 255 Å². The molecule has 2 aliphatic heterocycles. The molecule has 0 saturated heterocycles. The first-order valence-electron chi connectivity index (χ1n) is 13.9. The zero-order valence-corrected chi connectivity index (χ0v) is 25.5. The first-order valence-corrected chi connectivity index (χ1v) is 15.1. The molecular weight excluding hydrogens is 574 g/mol. The molecule has 5 rings (SSSR count). The molecule has 10 heteroatoms. The molecule has 0 N–H and O–H groups in total. The number of anilines is 1. The average molecular weight is 608 g/mol. The Balaban J connectivity index is 1.35. The van der Waals surface area contributed by atoms with Crippen molar-refractivity contribution < 1.29 is 23.9 Å². The molecule has 2 unspecified atom stereocenters. The Morgan fingerprint density at radius 2 is 1.79 bits per heavy atom. The fourth-order valence-corrected chi connectivity index (χ4v) is 6.99. The maximum Gasteiger partial charge on any atom is 0.303 e. The second-order valence-corrected chi connectivity index (χ2v) is 12.1. The van der Waals surface area contributed by atoms with Gasteiger partial charge in [-0.15, -0.1) is 11.8 Å². The van der Waals surface area contributed by atoms with E-state index in [9.17, 15) is 14.4 Å². The fraction of sp³-hybridized carbons (Fsp3) is 0.344. The van der Waals surface area contributed by atoms with Gasteiger partial charge in [-0.2, -0.15) is 0 Å². The smallest absolute Gasteiger partial charge is 0.303 e. The highest BCUT2D eigenvalue weighted by Crippen LogP contribution is 2.49. The van der Waals surface area contributed by atoms with Crippen LogP contribution in [0.2, 0.25) is 5.02 Å². The minimum Gasteiger partial charge on any atom is -0.497 e. The van der Waals surface area contributed by atoms with E-state index in [1.165, 1.54) is 29.8 Å². The largest absolute Gasteiger partial charge is 0.497 e. The first kappa shape index (κ1) is 29.9. The van der Waals surface area contributed by atoms with E-state index in [4.69, 9.17) is 21.1 Å². The monoisotopic (exact) mass is 607 g/mol. The van der Waals surface area contributed by atoms with Crippen LogP contribution < -0.4 is 9.64 Å². The maximum atomic E-state index is 14.1. The van der Waals surface area contributed by atoms with E-state index in [1.807, 2.05) is 59.3 Å². The second kappa shape index (κ2) is 13.2. The van der Waals surface area contributed by atoms with Crippen LogP contribution >= 0.6 is 23.4 Å². The number of hydrogen-bond acceptors (Lipinski definition) is 7. The Hall–Kier alpha value is -3.53. The summed E-state index contributed by atoms with van der Waals surface area (Å²) in [5, 5.41) is -0.0246. The molecule has 3 aromatic rings. The third kappa shape index (κ3) is 6.59. The molecule has 0 bridgehead atoms. The Bertz CT molecular complexity index is 1470. The molecule has 0 radical (unpaired) electrons. The molecule has 2 heterocycles. The molecule has 0 spiro atoms. The predicted molar refractivity (Wildman–Crippen MR) is 164 cm³/mol. The maximum absolute atomic E-state index is 14.1. The Morgan fingerprint density at radius 1 is 1.05 bits per heavy atom. The first-order chi connectivity index (χ1) is 20.2. The molecule has 0 aromatic heterocycles. The van der Waals surface area contributed by atoms with Crippen molar-refractivity contribution >= 4 is 46.8 Å². The topological polar surface area (TPSA) is 79.4 Å². The van der Waals surface area contributed by atoms with E-state index in [0.29, 0.717) is 36.1 Å². The summed E-state index contributed by atoms with van der Waals surface area (Å²) in [4.78, 5) is 45.7. The molecule has 0 saturated carbocycles. The van der Waals surface area contributed by atoms with Gasteiger partial charge in [-0.05, 0) is 54.4 Å². The van der Waals surface area contributed by atoms with Gasteiger partial charge in [-0.25, -0.2) is 0 Å². The zero-order chi connectivity index (χ0) is 29.8. The number of nitrogens with zero attached hydrogens (tertiary/aromatic N) is 3. The number of likely N-dealkylation sites (N-methyl/N-ethyl adjacent to an activating group) is 1. The summed E-state index contributed by atoms with van der Waals surface area (Å²) in [6, 6.07) is 21.0. The average Bonchev–Trinajstić information content (AvgIpc) is 3.10. The van der Waals surface area contributed by atoms with Crippen molar-refractivity contribution in [1.29, 1.82) is 0 Å². The highest BCUT2D eigenvalue weighted by atomic mass is 35.5. The van der Waals surface area contributed by atoms with Gasteiger partial charge < -0.3 is 19.3 Å². The van der Waals surface area contributed by atoms with Gasteiger partial charge in [0.25, 0.3) is 5.91 Å². The van der Waals surface area contributed by atoms with Crippen molar-refractivity contribution in [3.8, 4) is 5.75 Å². The van der Waals surface area contributed by atoms with E-state index in [2.05, 4.69) is 12.1 Å². The molecule has 2 aliphatic rings. The van der Waals surface area contributed by atoms with Gasteiger partial charge >= 0.3 is 5.97 Å².